The van der Waals surface area contributed by atoms with Crippen LogP contribution in [0.5, 0.6) is 0 Å². The van der Waals surface area contributed by atoms with Crippen molar-refractivity contribution in [2.45, 2.75) is 31.7 Å². The first-order valence-electron chi connectivity index (χ1n) is 7.10. The van der Waals surface area contributed by atoms with Gasteiger partial charge in [0.15, 0.2) is 0 Å². The fourth-order valence-corrected chi connectivity index (χ4v) is 2.24. The first-order chi connectivity index (χ1) is 9.93. The summed E-state index contributed by atoms with van der Waals surface area (Å²) in [6.45, 7) is 2.07. The van der Waals surface area contributed by atoms with Crippen molar-refractivity contribution in [3.8, 4) is 0 Å². The van der Waals surface area contributed by atoms with Gasteiger partial charge in [-0.25, -0.2) is 9.59 Å². The first-order valence-corrected chi connectivity index (χ1v) is 7.10. The molecule has 2 N–H and O–H groups in total. The van der Waals surface area contributed by atoms with Crippen molar-refractivity contribution in [1.29, 1.82) is 0 Å². The molecule has 21 heavy (non-hydrogen) atoms. The van der Waals surface area contributed by atoms with E-state index >= 15 is 0 Å². The lowest BCUT2D eigenvalue weighted by atomic mass is 9.96. The lowest BCUT2D eigenvalue weighted by molar-refractivity contribution is -0.144. The van der Waals surface area contributed by atoms with Gasteiger partial charge < -0.3 is 15.3 Å². The molecule has 0 saturated heterocycles. The maximum atomic E-state index is 12.1. The Bertz CT molecular complexity index is 516. The third-order valence-electron chi connectivity index (χ3n) is 3.98. The third-order valence-corrected chi connectivity index (χ3v) is 3.98. The van der Waals surface area contributed by atoms with Gasteiger partial charge in [-0.05, 0) is 37.8 Å². The molecule has 0 aromatic carbocycles. The number of carboxylic acid groups (broad SMARTS) is 1. The van der Waals surface area contributed by atoms with Gasteiger partial charge >= 0.3 is 12.0 Å². The van der Waals surface area contributed by atoms with Gasteiger partial charge in [0.05, 0.1) is 0 Å². The van der Waals surface area contributed by atoms with Crippen LogP contribution in [0.3, 0.4) is 0 Å². The second-order valence-electron chi connectivity index (χ2n) is 5.70. The topological polar surface area (TPSA) is 82.5 Å². The number of rotatable bonds is 6. The highest BCUT2D eigenvalue weighted by molar-refractivity contribution is 5.86. The highest BCUT2D eigenvalue weighted by Gasteiger charge is 2.48. The minimum absolute atomic E-state index is 0.0307. The fraction of sp³-hybridized carbons (Fsp3) is 0.533. The molecule has 2 amide bonds. The largest absolute Gasteiger partial charge is 0.480 e. The van der Waals surface area contributed by atoms with Gasteiger partial charge in [0.2, 0.25) is 0 Å². The minimum Gasteiger partial charge on any atom is -0.480 e. The summed E-state index contributed by atoms with van der Waals surface area (Å²) in [7, 11) is 1.66. The Morgan fingerprint density at radius 1 is 1.48 bits per heavy atom. The molecule has 6 nitrogen and oxygen atoms in total. The molecule has 0 spiro atoms. The number of nitrogens with zero attached hydrogens (tertiary/aromatic N) is 2. The van der Waals surface area contributed by atoms with E-state index in [1.165, 1.54) is 4.90 Å². The van der Waals surface area contributed by atoms with Crippen LogP contribution in [0.2, 0.25) is 0 Å². The van der Waals surface area contributed by atoms with Crippen LogP contribution in [0.1, 0.15) is 25.5 Å². The Balaban J connectivity index is 1.88. The number of amides is 2. The highest BCUT2D eigenvalue weighted by atomic mass is 16.4. The summed E-state index contributed by atoms with van der Waals surface area (Å²) in [5.41, 5.74) is -0.267. The Hall–Kier alpha value is -2.11. The predicted molar refractivity (Wildman–Crippen MR) is 77.9 cm³/mol. The molecule has 1 heterocycles. The normalized spacial score (nSPS) is 16.9. The second kappa shape index (κ2) is 6.11. The van der Waals surface area contributed by atoms with E-state index in [0.29, 0.717) is 13.0 Å². The molecular weight excluding hydrogens is 270 g/mol. The summed E-state index contributed by atoms with van der Waals surface area (Å²) in [5.74, 6) is -0.945. The number of hydrogen-bond donors (Lipinski definition) is 2. The lowest BCUT2D eigenvalue weighted by Gasteiger charge is -2.29. The van der Waals surface area contributed by atoms with Crippen molar-refractivity contribution >= 4 is 12.0 Å². The quantitative estimate of drug-likeness (QED) is 0.832. The van der Waals surface area contributed by atoms with Crippen LogP contribution < -0.4 is 5.32 Å². The highest BCUT2D eigenvalue weighted by Crippen LogP contribution is 2.39. The zero-order valence-corrected chi connectivity index (χ0v) is 12.4. The average molecular weight is 291 g/mol. The molecule has 0 aliphatic heterocycles. The van der Waals surface area contributed by atoms with Gasteiger partial charge in [-0.2, -0.15) is 0 Å². The molecule has 1 aliphatic rings. The van der Waals surface area contributed by atoms with Crippen LogP contribution in [0.25, 0.3) is 0 Å². The van der Waals surface area contributed by atoms with Gasteiger partial charge in [0, 0.05) is 31.9 Å². The van der Waals surface area contributed by atoms with Crippen molar-refractivity contribution in [2.24, 2.45) is 5.92 Å². The number of aliphatic carboxylic acids is 1. The number of aromatic nitrogens is 1. The molecule has 1 atom stereocenters. The number of likely N-dealkylation sites (N-methyl/N-ethyl adjacent to an activating group) is 1. The molecular formula is C15H21N3O3. The van der Waals surface area contributed by atoms with Gasteiger partial charge in [-0.15, -0.1) is 0 Å². The van der Waals surface area contributed by atoms with E-state index in [-0.39, 0.29) is 11.9 Å². The average Bonchev–Trinajstić information content (AvgIpc) is 3.30. The Morgan fingerprint density at radius 2 is 2.19 bits per heavy atom. The number of urea groups is 1. The van der Waals surface area contributed by atoms with E-state index in [0.717, 1.165) is 18.5 Å². The molecule has 1 aliphatic carbocycles. The SMILES string of the molecule is CN(CCc1ccccn1)C(=O)NC(C)(C(=O)O)C1CC1. The van der Waals surface area contributed by atoms with Crippen LogP contribution >= 0.6 is 0 Å². The predicted octanol–water partition coefficient (Wildman–Crippen LogP) is 1.52. The molecule has 0 bridgehead atoms. The lowest BCUT2D eigenvalue weighted by Crippen LogP contribution is -2.57. The van der Waals surface area contributed by atoms with Crippen molar-refractivity contribution in [3.63, 3.8) is 0 Å². The zero-order valence-electron chi connectivity index (χ0n) is 12.4. The molecule has 1 unspecified atom stereocenters. The standard InChI is InChI=1S/C15H21N3O3/c1-15(13(19)20,11-6-7-11)17-14(21)18(2)10-8-12-5-3-4-9-16-12/h3-5,9,11H,6-8,10H2,1-2H3,(H,17,21)(H,19,20). The molecule has 114 valence electrons. The molecule has 2 rings (SSSR count). The smallest absolute Gasteiger partial charge is 0.329 e. The summed E-state index contributed by atoms with van der Waals surface area (Å²) in [4.78, 5) is 29.2. The molecule has 1 aromatic heterocycles. The molecule has 1 fully saturated rings. The molecule has 0 radical (unpaired) electrons. The van der Waals surface area contributed by atoms with Gasteiger partial charge in [0.1, 0.15) is 5.54 Å². The van der Waals surface area contributed by atoms with E-state index in [4.69, 9.17) is 0 Å². The number of carbonyl (C=O) groups is 2. The van der Waals surface area contributed by atoms with Crippen molar-refractivity contribution in [1.82, 2.24) is 15.2 Å². The van der Waals surface area contributed by atoms with E-state index in [1.807, 2.05) is 18.2 Å². The zero-order chi connectivity index (χ0) is 15.5. The third kappa shape index (κ3) is 3.71. The summed E-state index contributed by atoms with van der Waals surface area (Å²) < 4.78 is 0. The first kappa shape index (κ1) is 15.3. The maximum absolute atomic E-state index is 12.1. The van der Waals surface area contributed by atoms with Gasteiger partial charge in [-0.3, -0.25) is 4.98 Å². The number of carbonyl (C=O) groups excluding carboxylic acids is 1. The number of hydrogen-bond acceptors (Lipinski definition) is 3. The fourth-order valence-electron chi connectivity index (χ4n) is 2.24. The van der Waals surface area contributed by atoms with Crippen LogP contribution in [-0.2, 0) is 11.2 Å². The minimum atomic E-state index is -1.17. The van der Waals surface area contributed by atoms with E-state index in [2.05, 4.69) is 10.3 Å². The van der Waals surface area contributed by atoms with Crippen LogP contribution in [-0.4, -0.2) is 46.1 Å². The second-order valence-corrected chi connectivity index (χ2v) is 5.70. The maximum Gasteiger partial charge on any atom is 0.329 e. The van der Waals surface area contributed by atoms with Crippen molar-refractivity contribution < 1.29 is 14.7 Å². The van der Waals surface area contributed by atoms with E-state index in [9.17, 15) is 14.7 Å². The number of pyridine rings is 1. The molecule has 1 saturated carbocycles. The van der Waals surface area contributed by atoms with E-state index < -0.39 is 11.5 Å². The Kier molecular flexibility index (Phi) is 4.45. The summed E-state index contributed by atoms with van der Waals surface area (Å²) >= 11 is 0. The molecule has 6 heteroatoms. The van der Waals surface area contributed by atoms with Crippen LogP contribution in [0.15, 0.2) is 24.4 Å². The van der Waals surface area contributed by atoms with Gasteiger partial charge in [0.25, 0.3) is 0 Å². The summed E-state index contributed by atoms with van der Waals surface area (Å²) in [5, 5.41) is 12.0. The molecule has 1 aromatic rings. The number of carboxylic acids is 1. The van der Waals surface area contributed by atoms with Crippen molar-refractivity contribution in [2.75, 3.05) is 13.6 Å². The Morgan fingerprint density at radius 3 is 2.71 bits per heavy atom. The van der Waals surface area contributed by atoms with Crippen LogP contribution in [0, 0.1) is 5.92 Å². The Labute approximate surface area is 124 Å². The summed E-state index contributed by atoms with van der Waals surface area (Å²) in [6.07, 6.45) is 4.05. The number of nitrogens with one attached hydrogen (secondary N) is 1. The summed E-state index contributed by atoms with van der Waals surface area (Å²) in [6, 6.07) is 5.28. The van der Waals surface area contributed by atoms with Gasteiger partial charge in [-0.1, -0.05) is 6.07 Å². The monoisotopic (exact) mass is 291 g/mol. The van der Waals surface area contributed by atoms with Crippen molar-refractivity contribution in [3.05, 3.63) is 30.1 Å². The van der Waals surface area contributed by atoms with E-state index in [1.54, 1.807) is 20.2 Å². The van der Waals surface area contributed by atoms with Crippen LogP contribution in [0.4, 0.5) is 4.79 Å².